The Bertz CT molecular complexity index is 406. The zero-order valence-corrected chi connectivity index (χ0v) is 8.25. The highest BCUT2D eigenvalue weighted by Gasteiger charge is 2.36. The second-order valence-corrected chi connectivity index (χ2v) is 2.78. The van der Waals surface area contributed by atoms with E-state index >= 15 is 0 Å². The summed E-state index contributed by atoms with van der Waals surface area (Å²) in [6.45, 7) is 0. The Hall–Kier alpha value is -2.25. The van der Waals surface area contributed by atoms with Crippen LogP contribution in [0, 0.1) is 0 Å². The van der Waals surface area contributed by atoms with Gasteiger partial charge in [0.25, 0.3) is 0 Å². The Morgan fingerprint density at radius 1 is 1.12 bits per heavy atom. The smallest absolute Gasteiger partial charge is 0.365 e. The van der Waals surface area contributed by atoms with Crippen molar-refractivity contribution in [3.63, 3.8) is 0 Å². The molecule has 2 N–H and O–H groups in total. The molecule has 0 saturated carbocycles. The van der Waals surface area contributed by atoms with Gasteiger partial charge in [-0.1, -0.05) is 18.2 Å². The van der Waals surface area contributed by atoms with Gasteiger partial charge in [0.15, 0.2) is 0 Å². The number of hydrogen-bond acceptors (Lipinski definition) is 4. The minimum Gasteiger partial charge on any atom is -0.365 e. The fourth-order valence-electron chi connectivity index (χ4n) is 0.853. The fraction of sp³-hybridized carbons (Fsp3) is 0.111. The van der Waals surface area contributed by atoms with Crippen molar-refractivity contribution < 1.29 is 27.5 Å². The molecule has 0 bridgehead atoms. The fourth-order valence-corrected chi connectivity index (χ4v) is 0.853. The van der Waals surface area contributed by atoms with Gasteiger partial charge in [-0.2, -0.15) is 0 Å². The van der Waals surface area contributed by atoms with E-state index in [1.165, 1.54) is 12.1 Å². The Kier molecular flexibility index (Phi) is 3.91. The molecule has 92 valence electrons. The lowest BCUT2D eigenvalue weighted by Gasteiger charge is -2.09. The quantitative estimate of drug-likeness (QED) is 0.468. The lowest BCUT2D eigenvalue weighted by Crippen LogP contribution is -2.38. The van der Waals surface area contributed by atoms with Crippen LogP contribution in [0.5, 0.6) is 0 Å². The van der Waals surface area contributed by atoms with E-state index in [1.54, 1.807) is 23.6 Å². The Balaban J connectivity index is 2.43. The molecule has 0 radical (unpaired) electrons. The summed E-state index contributed by atoms with van der Waals surface area (Å²) in [5.41, 5.74) is 4.40. The first-order valence-corrected chi connectivity index (χ1v) is 4.29. The summed E-state index contributed by atoms with van der Waals surface area (Å²) in [4.78, 5) is 21.4. The van der Waals surface area contributed by atoms with Crippen LogP contribution >= 0.6 is 0 Å². The summed E-state index contributed by atoms with van der Waals surface area (Å²) < 4.78 is 37.7. The molecular weight excluding hydrogens is 241 g/mol. The van der Waals surface area contributed by atoms with Crippen molar-refractivity contribution in [1.29, 1.82) is 0 Å². The second kappa shape index (κ2) is 5.19. The number of benzene rings is 1. The monoisotopic (exact) mass is 248 g/mol. The number of nitrogens with one attached hydrogen (secondary N) is 2. The van der Waals surface area contributed by atoms with Crippen LogP contribution in [0.2, 0.25) is 0 Å². The van der Waals surface area contributed by atoms with Crippen molar-refractivity contribution in [3.05, 3.63) is 30.3 Å². The maximum atomic E-state index is 11.6. The summed E-state index contributed by atoms with van der Waals surface area (Å²) in [5, 5.41) is 0. The largest absolute Gasteiger partial charge is 0.575 e. The van der Waals surface area contributed by atoms with E-state index in [2.05, 4.69) is 10.2 Å². The van der Waals surface area contributed by atoms with Crippen LogP contribution in [0.3, 0.4) is 0 Å². The van der Waals surface area contributed by atoms with Crippen LogP contribution in [0.25, 0.3) is 0 Å². The van der Waals surface area contributed by atoms with Crippen molar-refractivity contribution >= 4 is 17.6 Å². The number of carbonyl (C=O) groups excluding carboxylic acids is 2. The highest BCUT2D eigenvalue weighted by molar-refractivity contribution is 6.32. The molecule has 0 aliphatic heterocycles. The molecule has 0 atom stereocenters. The summed E-state index contributed by atoms with van der Waals surface area (Å²) >= 11 is 0. The molecule has 0 heterocycles. The maximum Gasteiger partial charge on any atom is 0.575 e. The molecular formula is C9H7F3N2O3. The van der Waals surface area contributed by atoms with Gasteiger partial charge < -0.3 is 4.74 Å². The van der Waals surface area contributed by atoms with Gasteiger partial charge in [-0.05, 0) is 12.1 Å². The molecule has 17 heavy (non-hydrogen) atoms. The molecule has 8 heteroatoms. The van der Waals surface area contributed by atoms with Crippen LogP contribution in [0.1, 0.15) is 0 Å². The number of rotatable bonds is 2. The first-order chi connectivity index (χ1) is 7.88. The first kappa shape index (κ1) is 12.8. The van der Waals surface area contributed by atoms with Crippen molar-refractivity contribution in [2.75, 3.05) is 5.43 Å². The van der Waals surface area contributed by atoms with Crippen LogP contribution in [0.4, 0.5) is 18.9 Å². The van der Waals surface area contributed by atoms with Crippen LogP contribution in [0.15, 0.2) is 30.3 Å². The minimum atomic E-state index is -5.18. The highest BCUT2D eigenvalue weighted by Crippen LogP contribution is 2.16. The third-order valence-corrected chi connectivity index (χ3v) is 1.49. The number of alkyl halides is 3. The van der Waals surface area contributed by atoms with E-state index in [4.69, 9.17) is 0 Å². The summed E-state index contributed by atoms with van der Waals surface area (Å²) in [5.74, 6) is -3.59. The van der Waals surface area contributed by atoms with Gasteiger partial charge >= 0.3 is 18.2 Å². The zero-order valence-electron chi connectivity index (χ0n) is 8.25. The molecule has 1 aromatic carbocycles. The first-order valence-electron chi connectivity index (χ1n) is 4.29. The van der Waals surface area contributed by atoms with E-state index in [0.29, 0.717) is 5.69 Å². The standard InChI is InChI=1S/C9H7F3N2O3/c10-9(11,12)17-8(16)7(15)14-13-6-4-2-1-3-5-6/h1-5,13H,(H,14,15). The molecule has 1 aromatic rings. The zero-order chi connectivity index (χ0) is 12.9. The number of hydrazine groups is 1. The van der Waals surface area contributed by atoms with E-state index in [0.717, 1.165) is 0 Å². The van der Waals surface area contributed by atoms with Crippen LogP contribution in [-0.2, 0) is 14.3 Å². The molecule has 0 aliphatic carbocycles. The van der Waals surface area contributed by atoms with Gasteiger partial charge in [0.05, 0.1) is 5.69 Å². The van der Waals surface area contributed by atoms with Crippen molar-refractivity contribution in [2.45, 2.75) is 6.36 Å². The van der Waals surface area contributed by atoms with Crippen molar-refractivity contribution in [1.82, 2.24) is 5.43 Å². The summed E-state index contributed by atoms with van der Waals surface area (Å²) in [7, 11) is 0. The molecule has 0 aromatic heterocycles. The van der Waals surface area contributed by atoms with Gasteiger partial charge in [-0.15, -0.1) is 13.2 Å². The van der Waals surface area contributed by atoms with Gasteiger partial charge in [0.2, 0.25) is 0 Å². The molecule has 0 unspecified atom stereocenters. The van der Waals surface area contributed by atoms with Gasteiger partial charge in [0.1, 0.15) is 0 Å². The number of anilines is 1. The van der Waals surface area contributed by atoms with Crippen LogP contribution < -0.4 is 10.9 Å². The molecule has 0 aliphatic rings. The molecule has 5 nitrogen and oxygen atoms in total. The predicted molar refractivity (Wildman–Crippen MR) is 50.4 cm³/mol. The van der Waals surface area contributed by atoms with Crippen LogP contribution in [-0.4, -0.2) is 18.2 Å². The molecule has 1 amide bonds. The lowest BCUT2D eigenvalue weighted by molar-refractivity contribution is -0.304. The van der Waals surface area contributed by atoms with E-state index in [-0.39, 0.29) is 0 Å². The maximum absolute atomic E-state index is 11.6. The predicted octanol–water partition coefficient (Wildman–Crippen LogP) is 1.19. The average Bonchev–Trinajstić information content (AvgIpc) is 2.25. The molecule has 0 saturated heterocycles. The number of carbonyl (C=O) groups is 2. The van der Waals surface area contributed by atoms with Crippen molar-refractivity contribution in [2.24, 2.45) is 0 Å². The number of amides is 1. The Labute approximate surface area is 93.5 Å². The second-order valence-electron chi connectivity index (χ2n) is 2.78. The molecule has 1 rings (SSSR count). The summed E-state index contributed by atoms with van der Waals surface area (Å²) in [6.07, 6.45) is -5.18. The normalized spacial score (nSPS) is 10.5. The van der Waals surface area contributed by atoms with Gasteiger partial charge in [0, 0.05) is 0 Å². The topological polar surface area (TPSA) is 67.4 Å². The number of ether oxygens (including phenoxy) is 1. The van der Waals surface area contributed by atoms with E-state index in [9.17, 15) is 22.8 Å². The van der Waals surface area contributed by atoms with E-state index < -0.39 is 18.2 Å². The van der Waals surface area contributed by atoms with E-state index in [1.807, 2.05) is 0 Å². The number of esters is 1. The van der Waals surface area contributed by atoms with Gasteiger partial charge in [-0.3, -0.25) is 15.6 Å². The van der Waals surface area contributed by atoms with Gasteiger partial charge in [-0.25, -0.2) is 4.79 Å². The minimum absolute atomic E-state index is 0.403. The molecule has 0 fully saturated rings. The van der Waals surface area contributed by atoms with Crippen molar-refractivity contribution in [3.8, 4) is 0 Å². The Morgan fingerprint density at radius 3 is 2.24 bits per heavy atom. The number of halogens is 3. The third-order valence-electron chi connectivity index (χ3n) is 1.49. The average molecular weight is 248 g/mol. The lowest BCUT2D eigenvalue weighted by atomic mass is 10.3. The molecule has 0 spiro atoms. The summed E-state index contributed by atoms with van der Waals surface area (Å²) in [6, 6.07) is 8.03. The SMILES string of the molecule is O=C(NNc1ccccc1)C(=O)OC(F)(F)F. The Morgan fingerprint density at radius 2 is 1.71 bits per heavy atom. The number of para-hydroxylation sites is 1. The third kappa shape index (κ3) is 4.87. The highest BCUT2D eigenvalue weighted by atomic mass is 19.4. The number of hydrogen-bond donors (Lipinski definition) is 2.